The van der Waals surface area contributed by atoms with Gasteiger partial charge in [-0.2, -0.15) is 0 Å². The van der Waals surface area contributed by atoms with Crippen molar-refractivity contribution in [2.24, 2.45) is 0 Å². The lowest BCUT2D eigenvalue weighted by Gasteiger charge is -2.17. The van der Waals surface area contributed by atoms with E-state index in [1.165, 1.54) is 0 Å². The summed E-state index contributed by atoms with van der Waals surface area (Å²) in [5.41, 5.74) is 6.54. The number of carboxylic acid groups (broad SMARTS) is 1. The first kappa shape index (κ1) is 31.2. The van der Waals surface area contributed by atoms with Crippen LogP contribution < -0.4 is 14.8 Å². The molecule has 7 heteroatoms. The van der Waals surface area contributed by atoms with Gasteiger partial charge in [-0.25, -0.2) is 14.4 Å². The van der Waals surface area contributed by atoms with Gasteiger partial charge in [-0.3, -0.25) is 0 Å². The number of hydrogen-bond donors (Lipinski definition) is 2. The second kappa shape index (κ2) is 13.2. The molecule has 0 aliphatic rings. The summed E-state index contributed by atoms with van der Waals surface area (Å²) < 4.78 is 11.7. The minimum atomic E-state index is -1.03. The third-order valence-corrected chi connectivity index (χ3v) is 7.82. The highest BCUT2D eigenvalue weighted by Gasteiger charge is 2.22. The van der Waals surface area contributed by atoms with Crippen LogP contribution in [0.15, 0.2) is 84.9 Å². The first-order valence-electron chi connectivity index (χ1n) is 14.7. The quantitative estimate of drug-likeness (QED) is 0.133. The fraction of sp³-hybridized carbons (Fsp3) is 0.184. The molecule has 45 heavy (non-hydrogen) atoms. The predicted octanol–water partition coefficient (Wildman–Crippen LogP) is 7.52. The Morgan fingerprint density at radius 1 is 0.711 bits per heavy atom. The largest absolute Gasteiger partial charge is 0.478 e. The van der Waals surface area contributed by atoms with E-state index in [4.69, 9.17) is 9.47 Å². The van der Waals surface area contributed by atoms with Gasteiger partial charge in [-0.05, 0) is 110 Å². The maximum Gasteiger partial charge on any atom is 0.343 e. The van der Waals surface area contributed by atoms with Crippen LogP contribution in [0.2, 0.25) is 0 Å². The topological polar surface area (TPSA) is 102 Å². The fourth-order valence-corrected chi connectivity index (χ4v) is 5.69. The van der Waals surface area contributed by atoms with E-state index in [0.29, 0.717) is 34.4 Å². The van der Waals surface area contributed by atoms with Gasteiger partial charge in [-0.1, -0.05) is 65.7 Å². The number of carbonyl (C=O) groups excluding carboxylic acids is 2. The Bertz CT molecular complexity index is 1960. The zero-order valence-electron chi connectivity index (χ0n) is 26.0. The molecule has 0 saturated carbocycles. The normalized spacial score (nSPS) is 11.0. The lowest BCUT2D eigenvalue weighted by Crippen LogP contribution is -2.15. The van der Waals surface area contributed by atoms with Crippen LogP contribution in [-0.2, 0) is 13.0 Å². The molecule has 0 aliphatic carbocycles. The smallest absolute Gasteiger partial charge is 0.343 e. The Morgan fingerprint density at radius 3 is 1.89 bits per heavy atom. The molecular weight excluding hydrogens is 566 g/mol. The molecule has 5 aromatic rings. The van der Waals surface area contributed by atoms with Gasteiger partial charge in [0, 0.05) is 6.54 Å². The number of rotatable bonds is 9. The van der Waals surface area contributed by atoms with Gasteiger partial charge in [0.25, 0.3) is 0 Å². The summed E-state index contributed by atoms with van der Waals surface area (Å²) in [7, 11) is 1.78. The van der Waals surface area contributed by atoms with E-state index in [0.717, 1.165) is 33.0 Å². The van der Waals surface area contributed by atoms with E-state index < -0.39 is 17.9 Å². The van der Waals surface area contributed by atoms with Crippen molar-refractivity contribution in [3.63, 3.8) is 0 Å². The Balaban J connectivity index is 1.57. The number of hydrogen-bond acceptors (Lipinski definition) is 6. The summed E-state index contributed by atoms with van der Waals surface area (Å²) in [6.07, 6.45) is 0.239. The number of fused-ring (bicyclic) bond motifs is 1. The van der Waals surface area contributed by atoms with Crippen LogP contribution in [0.1, 0.15) is 70.0 Å². The van der Waals surface area contributed by atoms with Crippen LogP contribution in [0.3, 0.4) is 0 Å². The molecule has 0 heterocycles. The number of carboxylic acids is 1. The molecule has 0 bridgehead atoms. The molecule has 0 atom stereocenters. The molecule has 2 N–H and O–H groups in total. The summed E-state index contributed by atoms with van der Waals surface area (Å²) in [6, 6.07) is 25.4. The lowest BCUT2D eigenvalue weighted by molar-refractivity contribution is 0.0681. The van der Waals surface area contributed by atoms with Gasteiger partial charge in [0.15, 0.2) is 11.5 Å². The van der Waals surface area contributed by atoms with Crippen molar-refractivity contribution in [2.45, 2.75) is 40.7 Å². The molecule has 0 spiro atoms. The number of nitrogens with one attached hydrogen (secondary N) is 1. The summed E-state index contributed by atoms with van der Waals surface area (Å²) in [6.45, 7) is 7.92. The zero-order valence-corrected chi connectivity index (χ0v) is 26.0. The summed E-state index contributed by atoms with van der Waals surface area (Å²) in [5.74, 6) is -2.06. The van der Waals surface area contributed by atoms with E-state index in [2.05, 4.69) is 5.32 Å². The molecule has 0 aliphatic heterocycles. The predicted molar refractivity (Wildman–Crippen MR) is 175 cm³/mol. The second-order valence-electron chi connectivity index (χ2n) is 11.3. The number of aromatic carboxylic acids is 1. The Morgan fingerprint density at radius 2 is 1.31 bits per heavy atom. The molecule has 0 fully saturated rings. The number of benzene rings is 5. The highest BCUT2D eigenvalue weighted by molar-refractivity contribution is 6.00. The van der Waals surface area contributed by atoms with Gasteiger partial charge in [0.05, 0.1) is 16.7 Å². The van der Waals surface area contributed by atoms with Crippen LogP contribution in [0.5, 0.6) is 11.5 Å². The highest BCUT2D eigenvalue weighted by Crippen LogP contribution is 2.34. The van der Waals surface area contributed by atoms with E-state index in [-0.39, 0.29) is 23.5 Å². The third-order valence-electron chi connectivity index (χ3n) is 7.82. The van der Waals surface area contributed by atoms with Gasteiger partial charge in [0.2, 0.25) is 0 Å². The van der Waals surface area contributed by atoms with Gasteiger partial charge < -0.3 is 19.9 Å². The van der Waals surface area contributed by atoms with Crippen molar-refractivity contribution >= 4 is 28.7 Å². The van der Waals surface area contributed by atoms with Crippen molar-refractivity contribution in [3.05, 3.63) is 141 Å². The van der Waals surface area contributed by atoms with Crippen molar-refractivity contribution in [1.29, 1.82) is 0 Å². The van der Waals surface area contributed by atoms with Crippen LogP contribution in [0, 0.1) is 27.7 Å². The van der Waals surface area contributed by atoms with Crippen LogP contribution >= 0.6 is 0 Å². The monoisotopic (exact) mass is 601 g/mol. The lowest BCUT2D eigenvalue weighted by atomic mass is 9.90. The van der Waals surface area contributed by atoms with E-state index >= 15 is 0 Å². The highest BCUT2D eigenvalue weighted by atomic mass is 16.6. The molecule has 5 aromatic carbocycles. The molecule has 7 nitrogen and oxygen atoms in total. The standard InChI is InChI=1S/C38H35NO6/c1-22-10-13-29(24(3)16-22)37(42)44-33-15-12-26(19-34(33)45-38(43)30-14-11-23(2)17-25(30)4)18-28-20-27-8-6-7-9-31(27)32(21-39-5)35(28)36(40)41/h6-17,19-20,39H,18,21H2,1-5H3,(H,40,41). The molecular formula is C38H35NO6. The van der Waals surface area contributed by atoms with Gasteiger partial charge in [-0.15, -0.1) is 0 Å². The first-order chi connectivity index (χ1) is 21.5. The molecule has 228 valence electrons. The maximum atomic E-state index is 13.4. The second-order valence-corrected chi connectivity index (χ2v) is 11.3. The van der Waals surface area contributed by atoms with Crippen LogP contribution in [-0.4, -0.2) is 30.1 Å². The fourth-order valence-electron chi connectivity index (χ4n) is 5.69. The minimum absolute atomic E-state index is 0.0590. The van der Waals surface area contributed by atoms with Crippen LogP contribution in [0.4, 0.5) is 0 Å². The molecule has 0 saturated heterocycles. The van der Waals surface area contributed by atoms with Gasteiger partial charge >= 0.3 is 17.9 Å². The Hall–Kier alpha value is -5.27. The summed E-state index contributed by atoms with van der Waals surface area (Å²) >= 11 is 0. The average Bonchev–Trinajstić information content (AvgIpc) is 2.98. The molecule has 0 radical (unpaired) electrons. The third kappa shape index (κ3) is 6.79. The minimum Gasteiger partial charge on any atom is -0.478 e. The number of ether oxygens (including phenoxy) is 2. The SMILES string of the molecule is CNCc1c(C(=O)O)c(Cc2ccc(OC(=O)c3ccc(C)cc3C)c(OC(=O)c3ccc(C)cc3C)c2)cc2ccccc12. The number of carbonyl (C=O) groups is 3. The van der Waals surface area contributed by atoms with Gasteiger partial charge in [0.1, 0.15) is 0 Å². The van der Waals surface area contributed by atoms with Crippen molar-refractivity contribution < 1.29 is 29.0 Å². The van der Waals surface area contributed by atoms with Crippen molar-refractivity contribution in [2.75, 3.05) is 7.05 Å². The van der Waals surface area contributed by atoms with Crippen molar-refractivity contribution in [1.82, 2.24) is 5.32 Å². The molecule has 0 unspecified atom stereocenters. The molecule has 0 amide bonds. The Labute approximate surface area is 262 Å². The van der Waals surface area contributed by atoms with Crippen molar-refractivity contribution in [3.8, 4) is 11.5 Å². The number of esters is 2. The zero-order chi connectivity index (χ0) is 32.2. The van der Waals surface area contributed by atoms with E-state index in [1.54, 1.807) is 37.4 Å². The molecule has 5 rings (SSSR count). The summed E-state index contributed by atoms with van der Waals surface area (Å²) in [5, 5.41) is 15.2. The van der Waals surface area contributed by atoms with E-state index in [1.807, 2.05) is 82.3 Å². The first-order valence-corrected chi connectivity index (χ1v) is 14.7. The van der Waals surface area contributed by atoms with E-state index in [9.17, 15) is 19.5 Å². The summed E-state index contributed by atoms with van der Waals surface area (Å²) in [4.78, 5) is 39.2. The Kier molecular flexibility index (Phi) is 9.11. The number of aryl methyl sites for hydroxylation is 4. The maximum absolute atomic E-state index is 13.4. The molecule has 0 aromatic heterocycles. The average molecular weight is 602 g/mol. The van der Waals surface area contributed by atoms with Crippen LogP contribution in [0.25, 0.3) is 10.8 Å².